The number of nitrogens with zero attached hydrogens (tertiary/aromatic N) is 2. The fraction of sp³-hybridized carbons (Fsp3) is 0.381. The van der Waals surface area contributed by atoms with Gasteiger partial charge in [-0.05, 0) is 44.0 Å². The molecule has 8 nitrogen and oxygen atoms in total. The fourth-order valence-electron chi connectivity index (χ4n) is 3.15. The molecule has 1 aromatic heterocycles. The second-order valence-corrected chi connectivity index (χ2v) is 6.72. The Morgan fingerprint density at radius 3 is 2.62 bits per heavy atom. The number of rotatable bonds is 6. The van der Waals surface area contributed by atoms with Crippen LogP contribution < -0.4 is 15.4 Å². The lowest BCUT2D eigenvalue weighted by molar-refractivity contribution is 0.0856. The first-order chi connectivity index (χ1) is 14.1. The van der Waals surface area contributed by atoms with Gasteiger partial charge in [-0.25, -0.2) is 9.78 Å². The molecule has 1 saturated heterocycles. The number of piperidine rings is 1. The van der Waals surface area contributed by atoms with E-state index in [2.05, 4.69) is 15.6 Å². The molecule has 2 amide bonds. The molecule has 8 heteroatoms. The Labute approximate surface area is 170 Å². The summed E-state index contributed by atoms with van der Waals surface area (Å²) >= 11 is 0. The molecule has 1 aromatic carbocycles. The Balaban J connectivity index is 1.51. The Morgan fingerprint density at radius 1 is 1.17 bits per heavy atom. The fourth-order valence-corrected chi connectivity index (χ4v) is 3.15. The molecule has 154 valence electrons. The Morgan fingerprint density at radius 2 is 1.97 bits per heavy atom. The second-order valence-electron chi connectivity index (χ2n) is 6.72. The van der Waals surface area contributed by atoms with Gasteiger partial charge >= 0.3 is 6.09 Å². The van der Waals surface area contributed by atoms with E-state index in [4.69, 9.17) is 9.47 Å². The molecule has 1 fully saturated rings. The highest BCUT2D eigenvalue weighted by atomic mass is 16.6. The maximum atomic E-state index is 12.5. The largest absolute Gasteiger partial charge is 0.497 e. The highest BCUT2D eigenvalue weighted by molar-refractivity contribution is 5.92. The standard InChI is InChI=1S/C21H26N4O4/c1-3-29-21(27)25-11-9-15(10-12-25)24-20(26)19-8-7-17(14-22-19)23-16-5-4-6-18(13-16)28-2/h4-8,13-15,23H,3,9-12H2,1-2H3,(H,24,26). The minimum Gasteiger partial charge on any atom is -0.497 e. The van der Waals surface area contributed by atoms with E-state index in [0.29, 0.717) is 38.2 Å². The Kier molecular flexibility index (Phi) is 6.89. The predicted octanol–water partition coefficient (Wildman–Crippen LogP) is 3.18. The summed E-state index contributed by atoms with van der Waals surface area (Å²) in [6.07, 6.45) is 2.72. The zero-order chi connectivity index (χ0) is 20.6. The number of ether oxygens (including phenoxy) is 2. The van der Waals surface area contributed by atoms with Gasteiger partial charge in [0.25, 0.3) is 5.91 Å². The van der Waals surface area contributed by atoms with Gasteiger partial charge in [0.1, 0.15) is 11.4 Å². The molecular formula is C21H26N4O4. The number of likely N-dealkylation sites (tertiary alicyclic amines) is 1. The van der Waals surface area contributed by atoms with Gasteiger partial charge in [0.15, 0.2) is 0 Å². The van der Waals surface area contributed by atoms with Crippen molar-refractivity contribution in [3.8, 4) is 5.75 Å². The summed E-state index contributed by atoms with van der Waals surface area (Å²) in [5, 5.41) is 6.22. The van der Waals surface area contributed by atoms with Gasteiger partial charge < -0.3 is 25.0 Å². The molecule has 1 aliphatic rings. The van der Waals surface area contributed by atoms with Crippen LogP contribution in [0.5, 0.6) is 5.75 Å². The number of benzene rings is 1. The monoisotopic (exact) mass is 398 g/mol. The molecule has 2 heterocycles. The Hall–Kier alpha value is -3.29. The van der Waals surface area contributed by atoms with Crippen LogP contribution in [0.15, 0.2) is 42.6 Å². The van der Waals surface area contributed by atoms with Crippen molar-refractivity contribution < 1.29 is 19.1 Å². The highest BCUT2D eigenvalue weighted by Crippen LogP contribution is 2.21. The van der Waals surface area contributed by atoms with Crippen LogP contribution >= 0.6 is 0 Å². The molecule has 0 spiro atoms. The summed E-state index contributed by atoms with van der Waals surface area (Å²) in [6.45, 7) is 3.29. The van der Waals surface area contributed by atoms with E-state index in [1.807, 2.05) is 30.3 Å². The third-order valence-electron chi connectivity index (χ3n) is 4.71. The lowest BCUT2D eigenvalue weighted by atomic mass is 10.1. The van der Waals surface area contributed by atoms with Gasteiger partial charge in [0.2, 0.25) is 0 Å². The van der Waals surface area contributed by atoms with E-state index in [0.717, 1.165) is 17.1 Å². The topological polar surface area (TPSA) is 92.8 Å². The van der Waals surface area contributed by atoms with E-state index in [1.54, 1.807) is 31.2 Å². The van der Waals surface area contributed by atoms with Crippen molar-refractivity contribution in [2.45, 2.75) is 25.8 Å². The van der Waals surface area contributed by atoms with Gasteiger partial charge in [-0.2, -0.15) is 0 Å². The summed E-state index contributed by atoms with van der Waals surface area (Å²) in [5.41, 5.74) is 2.00. The van der Waals surface area contributed by atoms with E-state index in [1.165, 1.54) is 0 Å². The van der Waals surface area contributed by atoms with Gasteiger partial charge in [0.05, 0.1) is 25.6 Å². The summed E-state index contributed by atoms with van der Waals surface area (Å²) in [5.74, 6) is 0.542. The lowest BCUT2D eigenvalue weighted by Crippen LogP contribution is -2.46. The van der Waals surface area contributed by atoms with Gasteiger partial charge in [0, 0.05) is 30.9 Å². The number of hydrogen-bond donors (Lipinski definition) is 2. The van der Waals surface area contributed by atoms with Crippen molar-refractivity contribution >= 4 is 23.4 Å². The first-order valence-electron chi connectivity index (χ1n) is 9.68. The molecule has 2 N–H and O–H groups in total. The first kappa shape index (κ1) is 20.4. The Bertz CT molecular complexity index is 833. The summed E-state index contributed by atoms with van der Waals surface area (Å²) in [7, 11) is 1.62. The minimum absolute atomic E-state index is 0.0181. The van der Waals surface area contributed by atoms with E-state index in [9.17, 15) is 9.59 Å². The van der Waals surface area contributed by atoms with Crippen LogP contribution in [-0.4, -0.2) is 54.7 Å². The number of carbonyl (C=O) groups excluding carboxylic acids is 2. The molecule has 0 bridgehead atoms. The van der Waals surface area contributed by atoms with Crippen LogP contribution in [0, 0.1) is 0 Å². The molecule has 1 aliphatic heterocycles. The van der Waals surface area contributed by atoms with Crippen molar-refractivity contribution in [3.63, 3.8) is 0 Å². The number of aromatic nitrogens is 1. The van der Waals surface area contributed by atoms with Crippen LogP contribution in [0.4, 0.5) is 16.2 Å². The number of methoxy groups -OCH3 is 1. The number of pyridine rings is 1. The van der Waals surface area contributed by atoms with Crippen molar-refractivity contribution in [2.75, 3.05) is 32.1 Å². The van der Waals surface area contributed by atoms with Crippen molar-refractivity contribution in [3.05, 3.63) is 48.3 Å². The minimum atomic E-state index is -0.293. The molecule has 29 heavy (non-hydrogen) atoms. The van der Waals surface area contributed by atoms with Crippen LogP contribution in [0.25, 0.3) is 0 Å². The van der Waals surface area contributed by atoms with Crippen molar-refractivity contribution in [1.29, 1.82) is 0 Å². The molecule has 3 rings (SSSR count). The maximum absolute atomic E-state index is 12.5. The molecular weight excluding hydrogens is 372 g/mol. The van der Waals surface area contributed by atoms with Crippen LogP contribution in [0.3, 0.4) is 0 Å². The summed E-state index contributed by atoms with van der Waals surface area (Å²) < 4.78 is 10.2. The lowest BCUT2D eigenvalue weighted by Gasteiger charge is -2.31. The van der Waals surface area contributed by atoms with Crippen LogP contribution in [-0.2, 0) is 4.74 Å². The van der Waals surface area contributed by atoms with Crippen LogP contribution in [0.1, 0.15) is 30.3 Å². The number of carbonyl (C=O) groups is 2. The predicted molar refractivity (Wildman–Crippen MR) is 110 cm³/mol. The molecule has 0 unspecified atom stereocenters. The van der Waals surface area contributed by atoms with Crippen molar-refractivity contribution in [2.24, 2.45) is 0 Å². The highest BCUT2D eigenvalue weighted by Gasteiger charge is 2.25. The number of hydrogen-bond acceptors (Lipinski definition) is 6. The maximum Gasteiger partial charge on any atom is 0.409 e. The molecule has 0 aliphatic carbocycles. The number of nitrogens with one attached hydrogen (secondary N) is 2. The normalized spacial score (nSPS) is 14.2. The summed E-state index contributed by atoms with van der Waals surface area (Å²) in [6, 6.07) is 11.1. The zero-order valence-electron chi connectivity index (χ0n) is 16.7. The number of anilines is 2. The van der Waals surface area contributed by atoms with Gasteiger partial charge in [-0.15, -0.1) is 0 Å². The van der Waals surface area contributed by atoms with Gasteiger partial charge in [-0.3, -0.25) is 4.79 Å². The first-order valence-corrected chi connectivity index (χ1v) is 9.68. The molecule has 2 aromatic rings. The van der Waals surface area contributed by atoms with Gasteiger partial charge in [-0.1, -0.05) is 6.07 Å². The van der Waals surface area contributed by atoms with E-state index < -0.39 is 0 Å². The van der Waals surface area contributed by atoms with E-state index in [-0.39, 0.29) is 18.0 Å². The molecule has 0 atom stereocenters. The average molecular weight is 398 g/mol. The van der Waals surface area contributed by atoms with E-state index >= 15 is 0 Å². The van der Waals surface area contributed by atoms with Crippen LogP contribution in [0.2, 0.25) is 0 Å². The molecule has 0 radical (unpaired) electrons. The van der Waals surface area contributed by atoms with Crippen molar-refractivity contribution in [1.82, 2.24) is 15.2 Å². The smallest absolute Gasteiger partial charge is 0.409 e. The summed E-state index contributed by atoms with van der Waals surface area (Å²) in [4.78, 5) is 30.1. The quantitative estimate of drug-likeness (QED) is 0.776. The second kappa shape index (κ2) is 9.77. The average Bonchev–Trinajstić information content (AvgIpc) is 2.75. The molecule has 0 saturated carbocycles. The number of amides is 2. The SMILES string of the molecule is CCOC(=O)N1CCC(NC(=O)c2ccc(Nc3cccc(OC)c3)cn2)CC1. The third kappa shape index (κ3) is 5.60. The zero-order valence-corrected chi connectivity index (χ0v) is 16.7. The third-order valence-corrected chi connectivity index (χ3v) is 4.71.